The minimum absolute atomic E-state index is 0.0292. The van der Waals surface area contributed by atoms with Crippen molar-refractivity contribution in [2.45, 2.75) is 32.5 Å². The maximum Gasteiger partial charge on any atom is 0.406 e. The molecule has 0 fully saturated rings. The Morgan fingerprint density at radius 1 is 1.33 bits per heavy atom. The summed E-state index contributed by atoms with van der Waals surface area (Å²) in [6.45, 7) is 0.908. The molecule has 18 heavy (non-hydrogen) atoms. The molecule has 5 nitrogen and oxygen atoms in total. The number of hydrogen-bond donors (Lipinski definition) is 2. The van der Waals surface area contributed by atoms with Crippen molar-refractivity contribution in [1.82, 2.24) is 4.90 Å². The number of halogens is 3. The molecule has 0 aliphatic rings. The zero-order valence-corrected chi connectivity index (χ0v) is 10.2. The van der Waals surface area contributed by atoms with Gasteiger partial charge in [0, 0.05) is 0 Å². The van der Waals surface area contributed by atoms with E-state index in [1.165, 1.54) is 0 Å². The van der Waals surface area contributed by atoms with Crippen molar-refractivity contribution in [1.29, 1.82) is 0 Å². The molecule has 0 aliphatic carbocycles. The van der Waals surface area contributed by atoms with Crippen LogP contribution < -0.4 is 5.73 Å². The minimum atomic E-state index is -4.65. The fraction of sp³-hybridized carbons (Fsp3) is 0.800. The van der Waals surface area contributed by atoms with Gasteiger partial charge in [0.05, 0.1) is 6.04 Å². The Bertz CT molecular complexity index is 305. The van der Waals surface area contributed by atoms with E-state index >= 15 is 0 Å². The van der Waals surface area contributed by atoms with Gasteiger partial charge in [-0.05, 0) is 12.3 Å². The Labute approximate surface area is 103 Å². The molecule has 0 saturated heterocycles. The van der Waals surface area contributed by atoms with Crippen LogP contribution in [-0.4, -0.2) is 47.2 Å². The minimum Gasteiger partial charge on any atom is -0.480 e. The molecule has 0 radical (unpaired) electrons. The molecule has 0 unspecified atom stereocenters. The van der Waals surface area contributed by atoms with Crippen LogP contribution in [0.4, 0.5) is 13.2 Å². The van der Waals surface area contributed by atoms with Gasteiger partial charge in [0.15, 0.2) is 0 Å². The van der Waals surface area contributed by atoms with Crippen molar-refractivity contribution < 1.29 is 27.9 Å². The highest BCUT2D eigenvalue weighted by Crippen LogP contribution is 2.17. The molecular formula is C10H17F3N2O3. The first kappa shape index (κ1) is 16.7. The van der Waals surface area contributed by atoms with Crippen LogP contribution in [0.1, 0.15) is 20.3 Å². The Hall–Kier alpha value is -1.31. The fourth-order valence-corrected chi connectivity index (χ4v) is 1.43. The molecule has 1 atom stereocenters. The highest BCUT2D eigenvalue weighted by molar-refractivity contribution is 5.85. The summed E-state index contributed by atoms with van der Waals surface area (Å²) in [5.74, 6) is -2.48. The topological polar surface area (TPSA) is 83.6 Å². The number of nitrogens with two attached hydrogens (primary N) is 1. The Morgan fingerprint density at radius 2 is 1.83 bits per heavy atom. The zero-order valence-electron chi connectivity index (χ0n) is 10.2. The number of amides is 1. The maximum atomic E-state index is 12.2. The van der Waals surface area contributed by atoms with Crippen molar-refractivity contribution in [3.63, 3.8) is 0 Å². The maximum absolute atomic E-state index is 12.2. The molecule has 0 bridgehead atoms. The molecule has 0 spiro atoms. The lowest BCUT2D eigenvalue weighted by molar-refractivity contribution is -0.166. The lowest BCUT2D eigenvalue weighted by Gasteiger charge is -2.25. The second-order valence-corrected chi connectivity index (χ2v) is 4.44. The van der Waals surface area contributed by atoms with E-state index in [0.717, 1.165) is 0 Å². The number of aliphatic carboxylic acids is 1. The zero-order chi connectivity index (χ0) is 14.5. The molecule has 3 N–H and O–H groups in total. The third-order valence-electron chi connectivity index (χ3n) is 2.05. The van der Waals surface area contributed by atoms with E-state index in [1.54, 1.807) is 13.8 Å². The monoisotopic (exact) mass is 270 g/mol. The van der Waals surface area contributed by atoms with Gasteiger partial charge in [0.2, 0.25) is 5.91 Å². The van der Waals surface area contributed by atoms with Gasteiger partial charge in [-0.2, -0.15) is 13.2 Å². The number of carboxylic acids is 1. The average Bonchev–Trinajstić information content (AvgIpc) is 2.11. The van der Waals surface area contributed by atoms with Gasteiger partial charge < -0.3 is 15.7 Å². The third-order valence-corrected chi connectivity index (χ3v) is 2.05. The van der Waals surface area contributed by atoms with E-state index in [0.29, 0.717) is 0 Å². The fourth-order valence-electron chi connectivity index (χ4n) is 1.43. The summed E-state index contributed by atoms with van der Waals surface area (Å²) >= 11 is 0. The molecular weight excluding hydrogens is 253 g/mol. The predicted octanol–water partition coefficient (Wildman–Crippen LogP) is 0.835. The number of alkyl halides is 3. The lowest BCUT2D eigenvalue weighted by Crippen LogP contribution is -2.49. The summed E-state index contributed by atoms with van der Waals surface area (Å²) in [5, 5.41) is 8.49. The van der Waals surface area contributed by atoms with Crippen LogP contribution in [0, 0.1) is 5.92 Å². The summed E-state index contributed by atoms with van der Waals surface area (Å²) < 4.78 is 36.6. The summed E-state index contributed by atoms with van der Waals surface area (Å²) in [6, 6.07) is -1.12. The summed E-state index contributed by atoms with van der Waals surface area (Å²) in [5.41, 5.74) is 5.46. The van der Waals surface area contributed by atoms with Gasteiger partial charge in [0.25, 0.3) is 0 Å². The van der Waals surface area contributed by atoms with Crippen molar-refractivity contribution in [2.75, 3.05) is 13.1 Å². The van der Waals surface area contributed by atoms with Crippen molar-refractivity contribution in [2.24, 2.45) is 11.7 Å². The smallest absolute Gasteiger partial charge is 0.406 e. The number of nitrogens with zero attached hydrogens (tertiary/aromatic N) is 1. The second-order valence-electron chi connectivity index (χ2n) is 4.44. The van der Waals surface area contributed by atoms with E-state index in [2.05, 4.69) is 0 Å². The average molecular weight is 270 g/mol. The third kappa shape index (κ3) is 7.10. The van der Waals surface area contributed by atoms with Crippen LogP contribution in [0.25, 0.3) is 0 Å². The summed E-state index contributed by atoms with van der Waals surface area (Å²) in [4.78, 5) is 22.3. The predicted molar refractivity (Wildman–Crippen MR) is 57.7 cm³/mol. The SMILES string of the molecule is CC(C)C[C@@H](N)C(=O)N(CC(=O)O)CC(F)(F)F. The van der Waals surface area contributed by atoms with Gasteiger partial charge >= 0.3 is 12.1 Å². The van der Waals surface area contributed by atoms with E-state index in [1.807, 2.05) is 0 Å². The molecule has 8 heteroatoms. The summed E-state index contributed by atoms with van der Waals surface area (Å²) in [7, 11) is 0. The number of carbonyl (C=O) groups is 2. The van der Waals surface area contributed by atoms with E-state index in [-0.39, 0.29) is 17.2 Å². The quantitative estimate of drug-likeness (QED) is 0.749. The van der Waals surface area contributed by atoms with Crippen LogP contribution >= 0.6 is 0 Å². The van der Waals surface area contributed by atoms with Gasteiger partial charge in [-0.25, -0.2) is 0 Å². The van der Waals surface area contributed by atoms with Crippen molar-refractivity contribution in [3.05, 3.63) is 0 Å². The van der Waals surface area contributed by atoms with Gasteiger partial charge in [0.1, 0.15) is 13.1 Å². The molecule has 1 amide bonds. The van der Waals surface area contributed by atoms with E-state index in [4.69, 9.17) is 10.8 Å². The standard InChI is InChI=1S/C10H17F3N2O3/c1-6(2)3-7(14)9(18)15(4-8(16)17)5-10(11,12)13/h6-7H,3-5,14H2,1-2H3,(H,16,17)/t7-/m1/s1. The number of hydrogen-bond acceptors (Lipinski definition) is 3. The molecule has 0 saturated carbocycles. The molecule has 0 aliphatic heterocycles. The Balaban J connectivity index is 4.73. The van der Waals surface area contributed by atoms with Crippen LogP contribution in [0.2, 0.25) is 0 Å². The molecule has 0 aromatic carbocycles. The van der Waals surface area contributed by atoms with Crippen LogP contribution in [0.5, 0.6) is 0 Å². The highest BCUT2D eigenvalue weighted by Gasteiger charge is 2.35. The first-order valence-corrected chi connectivity index (χ1v) is 5.36. The van der Waals surface area contributed by atoms with E-state index in [9.17, 15) is 22.8 Å². The van der Waals surface area contributed by atoms with E-state index < -0.39 is 37.2 Å². The Morgan fingerprint density at radius 3 is 2.17 bits per heavy atom. The molecule has 0 aromatic heterocycles. The second kappa shape index (κ2) is 6.58. The van der Waals surface area contributed by atoms with Crippen LogP contribution in [0.3, 0.4) is 0 Å². The summed E-state index contributed by atoms with van der Waals surface area (Å²) in [6.07, 6.45) is -4.45. The molecule has 106 valence electrons. The Kier molecular flexibility index (Phi) is 6.10. The molecule has 0 heterocycles. The van der Waals surface area contributed by atoms with Crippen molar-refractivity contribution in [3.8, 4) is 0 Å². The number of rotatable bonds is 6. The molecule has 0 rings (SSSR count). The van der Waals surface area contributed by atoms with Crippen LogP contribution in [0.15, 0.2) is 0 Å². The first-order valence-electron chi connectivity index (χ1n) is 5.36. The number of carbonyl (C=O) groups excluding carboxylic acids is 1. The van der Waals surface area contributed by atoms with Gasteiger partial charge in [-0.3, -0.25) is 9.59 Å². The molecule has 0 aromatic rings. The van der Waals surface area contributed by atoms with Crippen LogP contribution in [-0.2, 0) is 9.59 Å². The number of carboxylic acid groups (broad SMARTS) is 1. The first-order chi connectivity index (χ1) is 8.03. The van der Waals surface area contributed by atoms with Gasteiger partial charge in [-0.15, -0.1) is 0 Å². The van der Waals surface area contributed by atoms with Crippen molar-refractivity contribution >= 4 is 11.9 Å². The van der Waals surface area contributed by atoms with Gasteiger partial charge in [-0.1, -0.05) is 13.8 Å². The largest absolute Gasteiger partial charge is 0.480 e. The lowest BCUT2D eigenvalue weighted by atomic mass is 10.0. The highest BCUT2D eigenvalue weighted by atomic mass is 19.4. The normalized spacial score (nSPS) is 13.5.